The molecule has 1 aromatic carbocycles. The summed E-state index contributed by atoms with van der Waals surface area (Å²) in [6.45, 7) is 6.77. The summed E-state index contributed by atoms with van der Waals surface area (Å²) in [5.41, 5.74) is 3.21. The van der Waals surface area contributed by atoms with Crippen LogP contribution in [0.1, 0.15) is 29.9 Å². The largest absolute Gasteiger partial charge is 0.493 e. The summed E-state index contributed by atoms with van der Waals surface area (Å²) in [6, 6.07) is 11.5. The second kappa shape index (κ2) is 6.33. The first-order valence-electron chi connectivity index (χ1n) is 6.76. The van der Waals surface area contributed by atoms with Gasteiger partial charge in [-0.3, -0.25) is 9.78 Å². The summed E-state index contributed by atoms with van der Waals surface area (Å²) in [7, 11) is 0. The molecule has 0 spiro atoms. The van der Waals surface area contributed by atoms with Gasteiger partial charge in [0.1, 0.15) is 5.75 Å². The molecule has 0 amide bonds. The highest BCUT2D eigenvalue weighted by molar-refractivity contribution is 5.77. The number of carbonyl (C=O) groups excluding carboxylic acids is 1. The Morgan fingerprint density at radius 3 is 2.70 bits per heavy atom. The normalized spacial score (nSPS) is 10.6. The fourth-order valence-corrected chi connectivity index (χ4v) is 1.87. The molecular formula is C17H19NO2. The highest BCUT2D eigenvalue weighted by Crippen LogP contribution is 2.23. The lowest BCUT2D eigenvalue weighted by molar-refractivity contribution is 0.112. The van der Waals surface area contributed by atoms with Crippen molar-refractivity contribution in [3.8, 4) is 17.0 Å². The summed E-state index contributed by atoms with van der Waals surface area (Å²) >= 11 is 0. The maximum atomic E-state index is 10.8. The molecule has 104 valence electrons. The molecule has 1 heterocycles. The van der Waals surface area contributed by atoms with E-state index in [1.807, 2.05) is 37.3 Å². The van der Waals surface area contributed by atoms with Crippen molar-refractivity contribution < 1.29 is 9.53 Å². The molecule has 3 heteroatoms. The van der Waals surface area contributed by atoms with E-state index >= 15 is 0 Å². The number of ether oxygens (including phenoxy) is 1. The predicted molar refractivity (Wildman–Crippen MR) is 80.1 cm³/mol. The van der Waals surface area contributed by atoms with Crippen LogP contribution in [0.2, 0.25) is 0 Å². The highest BCUT2D eigenvalue weighted by Gasteiger charge is 2.05. The van der Waals surface area contributed by atoms with Crippen LogP contribution in [0.4, 0.5) is 0 Å². The molecule has 0 aliphatic carbocycles. The fraction of sp³-hybridized carbons (Fsp3) is 0.294. The molecule has 0 saturated carbocycles. The number of aryl methyl sites for hydroxylation is 1. The number of hydrogen-bond acceptors (Lipinski definition) is 3. The molecule has 20 heavy (non-hydrogen) atoms. The van der Waals surface area contributed by atoms with Crippen molar-refractivity contribution in [2.24, 2.45) is 5.92 Å². The van der Waals surface area contributed by atoms with Gasteiger partial charge in [0.2, 0.25) is 0 Å². The average molecular weight is 269 g/mol. The second-order valence-corrected chi connectivity index (χ2v) is 5.22. The van der Waals surface area contributed by atoms with Crippen LogP contribution in [-0.4, -0.2) is 17.9 Å². The van der Waals surface area contributed by atoms with E-state index in [9.17, 15) is 4.79 Å². The zero-order valence-electron chi connectivity index (χ0n) is 12.1. The number of aromatic nitrogens is 1. The van der Waals surface area contributed by atoms with Gasteiger partial charge in [-0.15, -0.1) is 0 Å². The number of hydrogen-bond donors (Lipinski definition) is 0. The first-order chi connectivity index (χ1) is 9.60. The zero-order valence-corrected chi connectivity index (χ0v) is 12.1. The quantitative estimate of drug-likeness (QED) is 0.773. The Bertz CT molecular complexity index is 606. The first kappa shape index (κ1) is 14.3. The van der Waals surface area contributed by atoms with Gasteiger partial charge < -0.3 is 4.74 Å². The molecule has 0 atom stereocenters. The van der Waals surface area contributed by atoms with Crippen molar-refractivity contribution in [1.29, 1.82) is 0 Å². The van der Waals surface area contributed by atoms with Gasteiger partial charge in [-0.1, -0.05) is 26.0 Å². The molecule has 0 radical (unpaired) electrons. The van der Waals surface area contributed by atoms with Gasteiger partial charge >= 0.3 is 0 Å². The zero-order chi connectivity index (χ0) is 14.5. The molecule has 0 saturated heterocycles. The molecule has 0 bridgehead atoms. The lowest BCUT2D eigenvalue weighted by Crippen LogP contribution is -2.04. The van der Waals surface area contributed by atoms with Gasteiger partial charge in [0.25, 0.3) is 0 Å². The van der Waals surface area contributed by atoms with Crippen LogP contribution in [0.5, 0.6) is 5.75 Å². The summed E-state index contributed by atoms with van der Waals surface area (Å²) in [4.78, 5) is 15.3. The van der Waals surface area contributed by atoms with Gasteiger partial charge in [-0.25, -0.2) is 0 Å². The van der Waals surface area contributed by atoms with Crippen molar-refractivity contribution in [3.05, 3.63) is 47.7 Å². The fourth-order valence-electron chi connectivity index (χ4n) is 1.87. The SMILES string of the molecule is Cc1nc(-c2cccc(OCC(C)C)c2)ccc1C=O. The number of aldehydes is 1. The van der Waals surface area contributed by atoms with Gasteiger partial charge in [0.15, 0.2) is 6.29 Å². The first-order valence-corrected chi connectivity index (χ1v) is 6.76. The number of benzene rings is 1. The maximum absolute atomic E-state index is 10.8. The molecule has 0 N–H and O–H groups in total. The van der Waals surface area contributed by atoms with E-state index in [-0.39, 0.29) is 0 Å². The van der Waals surface area contributed by atoms with Gasteiger partial charge in [-0.05, 0) is 37.1 Å². The molecule has 1 aromatic heterocycles. The predicted octanol–water partition coefficient (Wildman–Crippen LogP) is 3.90. The minimum atomic E-state index is 0.492. The Morgan fingerprint density at radius 1 is 1.25 bits per heavy atom. The maximum Gasteiger partial charge on any atom is 0.151 e. The molecule has 0 fully saturated rings. The van der Waals surface area contributed by atoms with E-state index in [1.54, 1.807) is 6.07 Å². The average Bonchev–Trinajstić information content (AvgIpc) is 2.45. The second-order valence-electron chi connectivity index (χ2n) is 5.22. The van der Waals surface area contributed by atoms with Crippen LogP contribution in [0, 0.1) is 12.8 Å². The monoisotopic (exact) mass is 269 g/mol. The summed E-state index contributed by atoms with van der Waals surface area (Å²) in [6.07, 6.45) is 0.828. The standard InChI is InChI=1S/C17H19NO2/c1-12(2)11-20-16-6-4-5-14(9-16)17-8-7-15(10-19)13(3)18-17/h4-10,12H,11H2,1-3H3. The number of rotatable bonds is 5. The van der Waals surface area contributed by atoms with Crippen LogP contribution < -0.4 is 4.74 Å². The van der Waals surface area contributed by atoms with E-state index < -0.39 is 0 Å². The van der Waals surface area contributed by atoms with Crippen molar-refractivity contribution >= 4 is 6.29 Å². The summed E-state index contributed by atoms with van der Waals surface area (Å²) in [5.74, 6) is 1.33. The smallest absolute Gasteiger partial charge is 0.151 e. The van der Waals surface area contributed by atoms with Gasteiger partial charge in [-0.2, -0.15) is 0 Å². The lowest BCUT2D eigenvalue weighted by Gasteiger charge is -2.10. The Kier molecular flexibility index (Phi) is 4.51. The number of nitrogens with zero attached hydrogens (tertiary/aromatic N) is 1. The van der Waals surface area contributed by atoms with Crippen LogP contribution in [0.15, 0.2) is 36.4 Å². The third-order valence-electron chi connectivity index (χ3n) is 2.97. The molecule has 2 rings (SSSR count). The van der Waals surface area contributed by atoms with Crippen LogP contribution >= 0.6 is 0 Å². The van der Waals surface area contributed by atoms with Gasteiger partial charge in [0.05, 0.1) is 12.3 Å². The van der Waals surface area contributed by atoms with Crippen LogP contribution in [0.25, 0.3) is 11.3 Å². The molecular weight excluding hydrogens is 250 g/mol. The molecule has 2 aromatic rings. The third kappa shape index (κ3) is 3.44. The third-order valence-corrected chi connectivity index (χ3v) is 2.97. The molecule has 0 aliphatic heterocycles. The Hall–Kier alpha value is -2.16. The highest BCUT2D eigenvalue weighted by atomic mass is 16.5. The van der Waals surface area contributed by atoms with Crippen LogP contribution in [-0.2, 0) is 0 Å². The van der Waals surface area contributed by atoms with E-state index in [1.165, 1.54) is 0 Å². The van der Waals surface area contributed by atoms with Gasteiger partial charge in [0, 0.05) is 16.8 Å². The topological polar surface area (TPSA) is 39.2 Å². The van der Waals surface area contributed by atoms with Crippen LogP contribution in [0.3, 0.4) is 0 Å². The Labute approximate surface area is 119 Å². The van der Waals surface area contributed by atoms with E-state index in [0.717, 1.165) is 29.0 Å². The van der Waals surface area contributed by atoms with Crippen molar-refractivity contribution in [2.45, 2.75) is 20.8 Å². The summed E-state index contributed by atoms with van der Waals surface area (Å²) in [5, 5.41) is 0. The lowest BCUT2D eigenvalue weighted by atomic mass is 10.1. The Morgan fingerprint density at radius 2 is 2.05 bits per heavy atom. The molecule has 3 nitrogen and oxygen atoms in total. The van der Waals surface area contributed by atoms with Crippen molar-refractivity contribution in [2.75, 3.05) is 6.61 Å². The van der Waals surface area contributed by atoms with E-state index in [2.05, 4.69) is 18.8 Å². The summed E-state index contributed by atoms with van der Waals surface area (Å²) < 4.78 is 5.72. The minimum Gasteiger partial charge on any atom is -0.493 e. The van der Waals surface area contributed by atoms with E-state index in [0.29, 0.717) is 18.1 Å². The Balaban J connectivity index is 2.26. The van der Waals surface area contributed by atoms with E-state index in [4.69, 9.17) is 4.74 Å². The minimum absolute atomic E-state index is 0.492. The molecule has 0 aliphatic rings. The van der Waals surface area contributed by atoms with Crippen molar-refractivity contribution in [3.63, 3.8) is 0 Å². The number of carbonyl (C=O) groups is 1. The molecule has 0 unspecified atom stereocenters. The number of pyridine rings is 1. The van der Waals surface area contributed by atoms with Crippen molar-refractivity contribution in [1.82, 2.24) is 4.98 Å².